The lowest BCUT2D eigenvalue weighted by Crippen LogP contribution is -2.32. The molecule has 1 unspecified atom stereocenters. The first-order valence-corrected chi connectivity index (χ1v) is 9.54. The van der Waals surface area contributed by atoms with Gasteiger partial charge in [-0.3, -0.25) is 9.78 Å². The summed E-state index contributed by atoms with van der Waals surface area (Å²) < 4.78 is 27.2. The van der Waals surface area contributed by atoms with Crippen LogP contribution in [0, 0.1) is 13.8 Å². The molecule has 2 rings (SSSR count). The Balaban J connectivity index is 1.88. The van der Waals surface area contributed by atoms with Crippen molar-refractivity contribution in [3.63, 3.8) is 0 Å². The lowest BCUT2D eigenvalue weighted by molar-refractivity contribution is -0.121. The van der Waals surface area contributed by atoms with Crippen molar-refractivity contribution in [2.24, 2.45) is 0 Å². The molecule has 1 atom stereocenters. The molecule has 1 aromatic heterocycles. The summed E-state index contributed by atoms with van der Waals surface area (Å²) in [6, 6.07) is 8.65. The summed E-state index contributed by atoms with van der Waals surface area (Å²) in [6.07, 6.45) is 3.39. The molecule has 7 heteroatoms. The number of amides is 1. The first kappa shape index (κ1) is 19.1. The van der Waals surface area contributed by atoms with Crippen LogP contribution in [0.1, 0.15) is 36.1 Å². The molecule has 25 heavy (non-hydrogen) atoms. The number of sulfonamides is 1. The Kier molecular flexibility index (Phi) is 6.27. The highest BCUT2D eigenvalue weighted by molar-refractivity contribution is 7.89. The van der Waals surface area contributed by atoms with Crippen LogP contribution in [0.2, 0.25) is 0 Å². The third-order valence-electron chi connectivity index (χ3n) is 3.85. The van der Waals surface area contributed by atoms with Crippen molar-refractivity contribution in [1.29, 1.82) is 0 Å². The summed E-state index contributed by atoms with van der Waals surface area (Å²) in [4.78, 5) is 16.2. The van der Waals surface area contributed by atoms with Crippen molar-refractivity contribution in [2.45, 2.75) is 38.1 Å². The summed E-state index contributed by atoms with van der Waals surface area (Å²) in [5, 5.41) is 2.84. The molecule has 1 heterocycles. The van der Waals surface area contributed by atoms with Gasteiger partial charge in [0.15, 0.2) is 0 Å². The Morgan fingerprint density at radius 1 is 1.16 bits per heavy atom. The van der Waals surface area contributed by atoms with Crippen LogP contribution >= 0.6 is 0 Å². The van der Waals surface area contributed by atoms with Gasteiger partial charge in [-0.15, -0.1) is 0 Å². The van der Waals surface area contributed by atoms with E-state index in [2.05, 4.69) is 15.0 Å². The van der Waals surface area contributed by atoms with E-state index in [0.717, 1.165) is 11.1 Å². The molecule has 0 aliphatic rings. The van der Waals surface area contributed by atoms with Gasteiger partial charge in [-0.1, -0.05) is 17.7 Å². The highest BCUT2D eigenvalue weighted by Crippen LogP contribution is 2.16. The maximum atomic E-state index is 12.3. The summed E-state index contributed by atoms with van der Waals surface area (Å²) in [5.74, 6) is -0.215. The van der Waals surface area contributed by atoms with Gasteiger partial charge in [-0.2, -0.15) is 0 Å². The highest BCUT2D eigenvalue weighted by Gasteiger charge is 2.17. The molecule has 0 radical (unpaired) electrons. The molecule has 0 spiro atoms. The summed E-state index contributed by atoms with van der Waals surface area (Å²) in [7, 11) is -3.62. The number of rotatable bonds is 7. The van der Waals surface area contributed by atoms with Gasteiger partial charge >= 0.3 is 0 Å². The fourth-order valence-electron chi connectivity index (χ4n) is 2.53. The molecule has 6 nitrogen and oxygen atoms in total. The van der Waals surface area contributed by atoms with E-state index >= 15 is 0 Å². The highest BCUT2D eigenvalue weighted by atomic mass is 32.2. The molecule has 1 amide bonds. The van der Waals surface area contributed by atoms with Gasteiger partial charge in [0.05, 0.1) is 10.9 Å². The van der Waals surface area contributed by atoms with Gasteiger partial charge in [0.1, 0.15) is 0 Å². The van der Waals surface area contributed by atoms with Crippen LogP contribution in [-0.4, -0.2) is 25.9 Å². The summed E-state index contributed by atoms with van der Waals surface area (Å²) in [6.45, 7) is 5.58. The van der Waals surface area contributed by atoms with E-state index in [0.29, 0.717) is 5.56 Å². The number of benzene rings is 1. The summed E-state index contributed by atoms with van der Waals surface area (Å²) >= 11 is 0. The lowest BCUT2D eigenvalue weighted by atomic mass is 10.1. The SMILES string of the molecule is Cc1ccc(S(=O)(=O)NCCC(=O)NC(C)c2ccncc2)c(C)c1. The van der Waals surface area contributed by atoms with Crippen LogP contribution in [0.3, 0.4) is 0 Å². The Bertz CT molecular complexity index is 836. The maximum absolute atomic E-state index is 12.3. The fraction of sp³-hybridized carbons (Fsp3) is 0.333. The molecule has 0 fully saturated rings. The number of carbonyl (C=O) groups excluding carboxylic acids is 1. The van der Waals surface area contributed by atoms with Crippen molar-refractivity contribution in [3.05, 3.63) is 59.4 Å². The van der Waals surface area contributed by atoms with Crippen LogP contribution in [0.15, 0.2) is 47.6 Å². The van der Waals surface area contributed by atoms with E-state index in [4.69, 9.17) is 0 Å². The number of hydrogen-bond acceptors (Lipinski definition) is 4. The zero-order valence-electron chi connectivity index (χ0n) is 14.6. The third kappa shape index (κ3) is 5.37. The summed E-state index contributed by atoms with van der Waals surface area (Å²) in [5.41, 5.74) is 2.63. The normalized spacial score (nSPS) is 12.6. The maximum Gasteiger partial charge on any atom is 0.240 e. The molecule has 0 saturated heterocycles. The first-order chi connectivity index (χ1) is 11.8. The van der Waals surface area contributed by atoms with E-state index in [1.165, 1.54) is 0 Å². The van der Waals surface area contributed by atoms with Crippen molar-refractivity contribution < 1.29 is 13.2 Å². The van der Waals surface area contributed by atoms with Crippen molar-refractivity contribution >= 4 is 15.9 Å². The van der Waals surface area contributed by atoms with Crippen LogP contribution < -0.4 is 10.0 Å². The zero-order chi connectivity index (χ0) is 18.4. The second-order valence-electron chi connectivity index (χ2n) is 5.99. The largest absolute Gasteiger partial charge is 0.350 e. The zero-order valence-corrected chi connectivity index (χ0v) is 15.4. The van der Waals surface area contributed by atoms with Crippen molar-refractivity contribution in [1.82, 2.24) is 15.0 Å². The number of hydrogen-bond donors (Lipinski definition) is 2. The monoisotopic (exact) mass is 361 g/mol. The molecule has 2 N–H and O–H groups in total. The Hall–Kier alpha value is -2.25. The second-order valence-corrected chi connectivity index (χ2v) is 7.72. The van der Waals surface area contributed by atoms with Crippen molar-refractivity contribution in [3.8, 4) is 0 Å². The fourth-order valence-corrected chi connectivity index (χ4v) is 3.78. The quantitative estimate of drug-likeness (QED) is 0.792. The molecule has 134 valence electrons. The molecule has 1 aromatic carbocycles. The molecular weight excluding hydrogens is 338 g/mol. The standard InChI is InChI=1S/C18H23N3O3S/c1-13-4-5-17(14(2)12-13)25(23,24)20-11-8-18(22)21-15(3)16-6-9-19-10-7-16/h4-7,9-10,12,15,20H,8,11H2,1-3H3,(H,21,22). The number of aromatic nitrogens is 1. The van der Waals surface area contributed by atoms with Gasteiger partial charge in [0.25, 0.3) is 0 Å². The van der Waals surface area contributed by atoms with E-state index in [1.54, 1.807) is 31.5 Å². The molecule has 0 aliphatic heterocycles. The van der Waals surface area contributed by atoms with Crippen LogP contribution in [0.5, 0.6) is 0 Å². The van der Waals surface area contributed by atoms with E-state index < -0.39 is 10.0 Å². The smallest absolute Gasteiger partial charge is 0.240 e. The minimum Gasteiger partial charge on any atom is -0.350 e. The predicted octanol–water partition coefficient (Wildman–Crippen LogP) is 2.24. The van der Waals surface area contributed by atoms with E-state index in [9.17, 15) is 13.2 Å². The van der Waals surface area contributed by atoms with Gasteiger partial charge in [0.2, 0.25) is 15.9 Å². The Morgan fingerprint density at radius 2 is 1.84 bits per heavy atom. The number of carbonyl (C=O) groups is 1. The van der Waals surface area contributed by atoms with Gasteiger partial charge in [-0.25, -0.2) is 13.1 Å². The molecular formula is C18H23N3O3S. The minimum absolute atomic E-state index is 0.0462. The topological polar surface area (TPSA) is 88.2 Å². The Morgan fingerprint density at radius 3 is 2.48 bits per heavy atom. The van der Waals surface area contributed by atoms with Crippen LogP contribution in [0.25, 0.3) is 0 Å². The second kappa shape index (κ2) is 8.22. The first-order valence-electron chi connectivity index (χ1n) is 8.06. The number of pyridine rings is 1. The predicted molar refractivity (Wildman–Crippen MR) is 96.5 cm³/mol. The van der Waals surface area contributed by atoms with Gasteiger partial charge in [0, 0.05) is 25.4 Å². The van der Waals surface area contributed by atoms with Gasteiger partial charge in [-0.05, 0) is 50.1 Å². The molecule has 2 aromatic rings. The molecule has 0 bridgehead atoms. The van der Waals surface area contributed by atoms with Gasteiger partial charge < -0.3 is 5.32 Å². The lowest BCUT2D eigenvalue weighted by Gasteiger charge is -2.14. The van der Waals surface area contributed by atoms with E-state index in [-0.39, 0.29) is 29.8 Å². The molecule has 0 saturated carbocycles. The van der Waals surface area contributed by atoms with E-state index in [1.807, 2.05) is 32.0 Å². The van der Waals surface area contributed by atoms with Crippen LogP contribution in [-0.2, 0) is 14.8 Å². The average Bonchev–Trinajstić information content (AvgIpc) is 2.55. The van der Waals surface area contributed by atoms with Crippen molar-refractivity contribution in [2.75, 3.05) is 6.54 Å². The minimum atomic E-state index is -3.62. The third-order valence-corrected chi connectivity index (χ3v) is 5.47. The Labute approximate surface area is 148 Å². The number of nitrogens with zero attached hydrogens (tertiary/aromatic N) is 1. The number of nitrogens with one attached hydrogen (secondary N) is 2. The molecule has 0 aliphatic carbocycles. The number of aryl methyl sites for hydroxylation is 2. The van der Waals surface area contributed by atoms with Crippen LogP contribution in [0.4, 0.5) is 0 Å². The average molecular weight is 361 g/mol.